The summed E-state index contributed by atoms with van der Waals surface area (Å²) >= 11 is 0. The van der Waals surface area contributed by atoms with Gasteiger partial charge in [-0.1, -0.05) is 12.1 Å². The van der Waals surface area contributed by atoms with Crippen molar-refractivity contribution in [2.24, 2.45) is 0 Å². The van der Waals surface area contributed by atoms with Gasteiger partial charge in [-0.25, -0.2) is 4.79 Å². The second-order valence-electron chi connectivity index (χ2n) is 6.69. The van der Waals surface area contributed by atoms with E-state index in [-0.39, 0.29) is 17.6 Å². The molecule has 0 aliphatic heterocycles. The second kappa shape index (κ2) is 10.7. The Morgan fingerprint density at radius 1 is 0.833 bits per heavy atom. The molecule has 2 aromatic carbocycles. The number of carbonyl (C=O) groups excluding carboxylic acids is 3. The van der Waals surface area contributed by atoms with Crippen molar-refractivity contribution in [3.05, 3.63) is 59.2 Å². The number of methoxy groups -OCH3 is 2. The van der Waals surface area contributed by atoms with Gasteiger partial charge in [0.2, 0.25) is 0 Å². The molecule has 0 bridgehead atoms. The first-order chi connectivity index (χ1) is 14.3. The lowest BCUT2D eigenvalue weighted by molar-refractivity contribution is 0.0846. The van der Waals surface area contributed by atoms with Crippen molar-refractivity contribution < 1.29 is 23.9 Å². The smallest absolute Gasteiger partial charge is 0.315 e. The highest BCUT2D eigenvalue weighted by atomic mass is 16.5. The summed E-state index contributed by atoms with van der Waals surface area (Å²) < 4.78 is 10.3. The van der Waals surface area contributed by atoms with E-state index in [0.29, 0.717) is 23.6 Å². The molecule has 2 aromatic rings. The first-order valence-electron chi connectivity index (χ1n) is 9.29. The van der Waals surface area contributed by atoms with Crippen LogP contribution in [0.2, 0.25) is 0 Å². The van der Waals surface area contributed by atoms with Crippen molar-refractivity contribution in [1.82, 2.24) is 21.5 Å². The number of hydrazine groups is 1. The Kier molecular flexibility index (Phi) is 8.04. The zero-order valence-corrected chi connectivity index (χ0v) is 17.4. The molecule has 0 radical (unpaired) electrons. The maximum atomic E-state index is 12.3. The van der Waals surface area contributed by atoms with Gasteiger partial charge in [0, 0.05) is 29.8 Å². The minimum Gasteiger partial charge on any atom is -0.497 e. The highest BCUT2D eigenvalue weighted by Crippen LogP contribution is 2.22. The highest BCUT2D eigenvalue weighted by molar-refractivity contribution is 5.99. The van der Waals surface area contributed by atoms with E-state index >= 15 is 0 Å². The molecule has 0 heterocycles. The highest BCUT2D eigenvalue weighted by Gasteiger charge is 2.12. The van der Waals surface area contributed by atoms with Crippen LogP contribution in [0.15, 0.2) is 42.5 Å². The number of rotatable bonds is 7. The molecular weight excluding hydrogens is 388 g/mol. The maximum Gasteiger partial charge on any atom is 0.315 e. The number of hydrogen-bond donors (Lipinski definition) is 4. The molecule has 4 amide bonds. The molecule has 0 fully saturated rings. The van der Waals surface area contributed by atoms with Crippen molar-refractivity contribution in [3.8, 4) is 11.5 Å². The fourth-order valence-electron chi connectivity index (χ4n) is 2.47. The third-order valence-electron chi connectivity index (χ3n) is 3.99. The summed E-state index contributed by atoms with van der Waals surface area (Å²) in [6.07, 6.45) is 0. The van der Waals surface area contributed by atoms with Gasteiger partial charge < -0.3 is 20.1 Å². The summed E-state index contributed by atoms with van der Waals surface area (Å²) in [5.41, 5.74) is 6.18. The number of ether oxygens (including phenoxy) is 2. The lowest BCUT2D eigenvalue weighted by Crippen LogP contribution is -2.41. The van der Waals surface area contributed by atoms with Crippen LogP contribution in [0.3, 0.4) is 0 Å². The number of amides is 4. The fourth-order valence-corrected chi connectivity index (χ4v) is 2.47. The van der Waals surface area contributed by atoms with Gasteiger partial charge in [-0.3, -0.25) is 20.4 Å². The molecule has 160 valence electrons. The Hall–Kier alpha value is -3.75. The number of urea groups is 1. The van der Waals surface area contributed by atoms with Crippen molar-refractivity contribution >= 4 is 17.8 Å². The third kappa shape index (κ3) is 6.69. The Balaban J connectivity index is 1.90. The Morgan fingerprint density at radius 3 is 1.87 bits per heavy atom. The van der Waals surface area contributed by atoms with Crippen LogP contribution in [0.1, 0.15) is 40.1 Å². The largest absolute Gasteiger partial charge is 0.497 e. The van der Waals surface area contributed by atoms with Crippen molar-refractivity contribution in [2.45, 2.75) is 26.4 Å². The quantitative estimate of drug-likeness (QED) is 0.517. The molecule has 0 saturated carbocycles. The zero-order chi connectivity index (χ0) is 22.1. The topological polar surface area (TPSA) is 118 Å². The van der Waals surface area contributed by atoms with E-state index < -0.39 is 11.8 Å². The number of benzene rings is 2. The third-order valence-corrected chi connectivity index (χ3v) is 3.99. The van der Waals surface area contributed by atoms with Crippen LogP contribution >= 0.6 is 0 Å². The van der Waals surface area contributed by atoms with Crippen molar-refractivity contribution in [2.75, 3.05) is 14.2 Å². The number of hydrogen-bond acceptors (Lipinski definition) is 5. The number of carbonyl (C=O) groups is 3. The predicted octanol–water partition coefficient (Wildman–Crippen LogP) is 1.99. The Morgan fingerprint density at radius 2 is 1.37 bits per heavy atom. The first kappa shape index (κ1) is 22.5. The molecule has 0 aliphatic rings. The van der Waals surface area contributed by atoms with Gasteiger partial charge in [-0.15, -0.1) is 0 Å². The zero-order valence-electron chi connectivity index (χ0n) is 17.4. The number of nitrogens with one attached hydrogen (secondary N) is 4. The van der Waals surface area contributed by atoms with Crippen LogP contribution in [0, 0.1) is 0 Å². The average Bonchev–Trinajstić information content (AvgIpc) is 2.75. The lowest BCUT2D eigenvalue weighted by Gasteiger charge is -2.11. The van der Waals surface area contributed by atoms with Crippen LogP contribution in [-0.4, -0.2) is 38.1 Å². The lowest BCUT2D eigenvalue weighted by atomic mass is 10.1. The van der Waals surface area contributed by atoms with E-state index in [0.717, 1.165) is 5.56 Å². The molecular formula is C21H26N4O5. The van der Waals surface area contributed by atoms with E-state index in [2.05, 4.69) is 21.5 Å². The molecule has 0 saturated heterocycles. The van der Waals surface area contributed by atoms with Gasteiger partial charge in [0.05, 0.1) is 14.2 Å². The van der Waals surface area contributed by atoms with E-state index in [4.69, 9.17) is 9.47 Å². The van der Waals surface area contributed by atoms with E-state index in [1.54, 1.807) is 30.3 Å². The molecule has 9 nitrogen and oxygen atoms in total. The SMILES string of the molecule is COc1cc(OC)cc(C(=O)NNC(=O)c2ccc(CNC(=O)NC(C)C)cc2)c1. The van der Waals surface area contributed by atoms with Crippen LogP contribution in [0.5, 0.6) is 11.5 Å². The van der Waals surface area contributed by atoms with Crippen LogP contribution in [-0.2, 0) is 6.54 Å². The molecule has 0 spiro atoms. The summed E-state index contributed by atoms with van der Waals surface area (Å²) in [6.45, 7) is 4.07. The molecule has 0 atom stereocenters. The predicted molar refractivity (Wildman–Crippen MR) is 111 cm³/mol. The summed E-state index contributed by atoms with van der Waals surface area (Å²) in [4.78, 5) is 36.2. The molecule has 0 aliphatic carbocycles. The van der Waals surface area contributed by atoms with Gasteiger partial charge in [0.15, 0.2) is 0 Å². The van der Waals surface area contributed by atoms with E-state index in [9.17, 15) is 14.4 Å². The molecule has 9 heteroatoms. The van der Waals surface area contributed by atoms with Gasteiger partial charge >= 0.3 is 6.03 Å². The molecule has 30 heavy (non-hydrogen) atoms. The monoisotopic (exact) mass is 414 g/mol. The van der Waals surface area contributed by atoms with Gasteiger partial charge in [-0.2, -0.15) is 0 Å². The first-order valence-corrected chi connectivity index (χ1v) is 9.29. The van der Waals surface area contributed by atoms with Crippen LogP contribution < -0.4 is 31.0 Å². The van der Waals surface area contributed by atoms with Crippen LogP contribution in [0.25, 0.3) is 0 Å². The van der Waals surface area contributed by atoms with Crippen molar-refractivity contribution in [3.63, 3.8) is 0 Å². The maximum absolute atomic E-state index is 12.3. The molecule has 0 unspecified atom stereocenters. The minimum absolute atomic E-state index is 0.0457. The molecule has 0 aromatic heterocycles. The second-order valence-corrected chi connectivity index (χ2v) is 6.69. The van der Waals surface area contributed by atoms with E-state index in [1.807, 2.05) is 13.8 Å². The van der Waals surface area contributed by atoms with Gasteiger partial charge in [-0.05, 0) is 43.7 Å². The summed E-state index contributed by atoms with van der Waals surface area (Å²) in [6, 6.07) is 11.1. The summed E-state index contributed by atoms with van der Waals surface area (Å²) in [5.74, 6) is -0.0815. The van der Waals surface area contributed by atoms with Crippen molar-refractivity contribution in [1.29, 1.82) is 0 Å². The average molecular weight is 414 g/mol. The molecule has 4 N–H and O–H groups in total. The van der Waals surface area contributed by atoms with Crippen LogP contribution in [0.4, 0.5) is 4.79 Å². The minimum atomic E-state index is -0.516. The van der Waals surface area contributed by atoms with E-state index in [1.165, 1.54) is 26.4 Å². The molecule has 2 rings (SSSR count). The fraction of sp³-hybridized carbons (Fsp3) is 0.286. The Bertz CT molecular complexity index is 875. The standard InChI is InChI=1S/C21H26N4O5/c1-13(2)23-21(28)22-12-14-5-7-15(8-6-14)19(26)24-25-20(27)16-9-17(29-3)11-18(10-16)30-4/h5-11,13H,12H2,1-4H3,(H,24,26)(H,25,27)(H2,22,23,28). The van der Waals surface area contributed by atoms with Gasteiger partial charge in [0.25, 0.3) is 11.8 Å². The van der Waals surface area contributed by atoms with Gasteiger partial charge in [0.1, 0.15) is 11.5 Å². The summed E-state index contributed by atoms with van der Waals surface area (Å²) in [5, 5.41) is 5.46. The summed E-state index contributed by atoms with van der Waals surface area (Å²) in [7, 11) is 2.96. The Labute approximate surface area is 175 Å². The normalized spacial score (nSPS) is 10.2.